The van der Waals surface area contributed by atoms with Gasteiger partial charge in [0.2, 0.25) is 0 Å². The van der Waals surface area contributed by atoms with Crippen LogP contribution in [-0.2, 0) is 4.74 Å². The highest BCUT2D eigenvalue weighted by Gasteiger charge is 2.29. The number of rotatable bonds is 7. The second-order valence-electron chi connectivity index (χ2n) is 11.3. The lowest BCUT2D eigenvalue weighted by Crippen LogP contribution is -2.51. The summed E-state index contributed by atoms with van der Waals surface area (Å²) < 4.78 is 39.5. The van der Waals surface area contributed by atoms with Gasteiger partial charge in [0.05, 0.1) is 22.3 Å². The van der Waals surface area contributed by atoms with Crippen molar-refractivity contribution in [2.75, 3.05) is 31.5 Å². The van der Waals surface area contributed by atoms with Crippen molar-refractivity contribution in [3.8, 4) is 17.0 Å². The van der Waals surface area contributed by atoms with E-state index in [0.29, 0.717) is 58.0 Å². The number of aromatic amines is 1. The topological polar surface area (TPSA) is 150 Å². The van der Waals surface area contributed by atoms with Crippen LogP contribution in [0.3, 0.4) is 0 Å². The molecule has 16 heteroatoms. The predicted octanol–water partition coefficient (Wildman–Crippen LogP) is 4.73. The number of piperazine rings is 1. The van der Waals surface area contributed by atoms with E-state index in [4.69, 9.17) is 9.47 Å². The summed E-state index contributed by atoms with van der Waals surface area (Å²) in [5.74, 6) is -0.382. The van der Waals surface area contributed by atoms with Crippen LogP contribution in [-0.4, -0.2) is 90.1 Å². The normalized spacial score (nSPS) is 14.7. The summed E-state index contributed by atoms with van der Waals surface area (Å²) in [6, 6.07) is 6.40. The van der Waals surface area contributed by atoms with Gasteiger partial charge in [0, 0.05) is 55.0 Å². The van der Waals surface area contributed by atoms with Gasteiger partial charge in [-0.1, -0.05) is 0 Å². The van der Waals surface area contributed by atoms with Gasteiger partial charge in [-0.15, -0.1) is 11.3 Å². The van der Waals surface area contributed by atoms with Crippen molar-refractivity contribution in [2.45, 2.75) is 39.2 Å². The number of alkyl halides is 2. The number of hydrogen-bond donors (Lipinski definition) is 3. The maximum absolute atomic E-state index is 13.5. The number of nitrogens with one attached hydrogen (secondary N) is 2. The molecule has 1 atom stereocenters. The maximum Gasteiger partial charge on any atom is 0.410 e. The van der Waals surface area contributed by atoms with Gasteiger partial charge in [-0.05, 0) is 50.4 Å². The Hall–Kier alpha value is -4.83. The van der Waals surface area contributed by atoms with Crippen LogP contribution in [0.15, 0.2) is 49.1 Å². The molecular weight excluding hydrogens is 610 g/mol. The first-order valence-corrected chi connectivity index (χ1v) is 14.8. The van der Waals surface area contributed by atoms with Gasteiger partial charge < -0.3 is 29.7 Å². The Morgan fingerprint density at radius 2 is 1.89 bits per heavy atom. The summed E-state index contributed by atoms with van der Waals surface area (Å²) in [6.45, 7) is 3.57. The zero-order chi connectivity index (χ0) is 31.9. The maximum atomic E-state index is 13.5. The Balaban J connectivity index is 1.24. The smallest absolute Gasteiger partial charge is 0.410 e. The van der Waals surface area contributed by atoms with E-state index in [1.807, 2.05) is 0 Å². The first-order chi connectivity index (χ1) is 21.5. The Morgan fingerprint density at radius 3 is 2.62 bits per heavy atom. The molecule has 6 rings (SSSR count). The second-order valence-corrected chi connectivity index (χ2v) is 12.4. The fourth-order valence-electron chi connectivity index (χ4n) is 4.99. The number of aliphatic hydroxyl groups is 1. The quantitative estimate of drug-likeness (QED) is 0.215. The lowest BCUT2D eigenvalue weighted by atomic mass is 10.1. The molecule has 1 aliphatic rings. The van der Waals surface area contributed by atoms with Crippen LogP contribution in [0.5, 0.6) is 5.75 Å². The number of hydrogen-bond acceptors (Lipinski definition) is 10. The molecule has 1 unspecified atom stereocenters. The average Bonchev–Trinajstić information content (AvgIpc) is 3.73. The van der Waals surface area contributed by atoms with Crippen LogP contribution < -0.4 is 10.1 Å². The average molecular weight is 641 g/mol. The van der Waals surface area contributed by atoms with E-state index in [0.717, 1.165) is 0 Å². The minimum Gasteiger partial charge on any atom is -0.444 e. The molecule has 2 amide bonds. The van der Waals surface area contributed by atoms with Gasteiger partial charge in [0.25, 0.3) is 5.91 Å². The van der Waals surface area contributed by atoms with E-state index in [1.54, 1.807) is 61.2 Å². The number of carbonyl (C=O) groups excluding carboxylic acids is 2. The Kier molecular flexibility index (Phi) is 8.01. The molecule has 4 aromatic heterocycles. The Morgan fingerprint density at radius 1 is 1.13 bits per heavy atom. The minimum absolute atomic E-state index is 0.150. The third kappa shape index (κ3) is 6.37. The van der Waals surface area contributed by atoms with Crippen molar-refractivity contribution >= 4 is 44.8 Å². The summed E-state index contributed by atoms with van der Waals surface area (Å²) in [4.78, 5) is 33.7. The van der Waals surface area contributed by atoms with Gasteiger partial charge in [0.15, 0.2) is 11.9 Å². The molecule has 1 fully saturated rings. The van der Waals surface area contributed by atoms with Crippen LogP contribution in [0, 0.1) is 0 Å². The van der Waals surface area contributed by atoms with Crippen molar-refractivity contribution < 1.29 is 33.0 Å². The van der Waals surface area contributed by atoms with E-state index in [-0.39, 0.29) is 22.9 Å². The number of anilines is 1. The molecule has 3 N–H and O–H groups in total. The van der Waals surface area contributed by atoms with Crippen LogP contribution >= 0.6 is 11.3 Å². The lowest BCUT2D eigenvalue weighted by Gasteiger charge is -2.35. The fourth-order valence-corrected chi connectivity index (χ4v) is 6.04. The number of aliphatic hydroxyl groups excluding tert-OH is 1. The van der Waals surface area contributed by atoms with Gasteiger partial charge in [-0.2, -0.15) is 19.0 Å². The van der Waals surface area contributed by atoms with Crippen molar-refractivity contribution in [1.29, 1.82) is 0 Å². The lowest BCUT2D eigenvalue weighted by molar-refractivity contribution is -0.0493. The SMILES string of the molecule is CC(C)(C)OC(=O)N1CCN(C(=O)c2cc3cc(OC(F)F)c(-c4n[nH]cc4NC(O)c4cnn5cccnc45)cc3s2)CC1. The molecule has 5 heterocycles. The highest BCUT2D eigenvalue weighted by molar-refractivity contribution is 7.20. The number of benzene rings is 1. The molecule has 13 nitrogen and oxygen atoms in total. The highest BCUT2D eigenvalue weighted by atomic mass is 32.1. The zero-order valence-electron chi connectivity index (χ0n) is 24.5. The number of nitrogens with zero attached hydrogens (tertiary/aromatic N) is 6. The van der Waals surface area contributed by atoms with Gasteiger partial charge in [0.1, 0.15) is 17.0 Å². The van der Waals surface area contributed by atoms with Crippen molar-refractivity contribution in [1.82, 2.24) is 34.6 Å². The van der Waals surface area contributed by atoms with Crippen LogP contribution in [0.25, 0.3) is 27.0 Å². The summed E-state index contributed by atoms with van der Waals surface area (Å²) in [6.07, 6.45) is 4.54. The summed E-state index contributed by atoms with van der Waals surface area (Å²) in [7, 11) is 0. The molecule has 1 aromatic carbocycles. The molecule has 0 saturated carbocycles. The number of amides is 2. The Bertz CT molecular complexity index is 1860. The Labute approximate surface area is 259 Å². The van der Waals surface area contributed by atoms with Gasteiger partial charge in [-0.3, -0.25) is 9.89 Å². The second kappa shape index (κ2) is 11.9. The standard InChI is InChI=1S/C29H30F2N8O5S/c1-29(2,3)44-28(42)38-9-7-37(8-10-38)26(41)22-12-16-11-20(43-27(30)31)17(13-21(16)45-22)23-19(15-33-36-23)35-25(40)18-14-34-39-6-4-5-32-24(18)39/h4-6,11-15,25,27,35,40H,7-10H2,1-3H3,(H,33,36). The van der Waals surface area contributed by atoms with Crippen molar-refractivity contribution in [3.05, 3.63) is 59.5 Å². The molecule has 1 aliphatic heterocycles. The molecule has 5 aromatic rings. The van der Waals surface area contributed by atoms with Crippen LogP contribution in [0.1, 0.15) is 42.2 Å². The van der Waals surface area contributed by atoms with E-state index < -0.39 is 24.5 Å². The summed E-state index contributed by atoms with van der Waals surface area (Å²) >= 11 is 1.21. The number of halogens is 2. The predicted molar refractivity (Wildman–Crippen MR) is 161 cm³/mol. The molecule has 0 spiro atoms. The number of aromatic nitrogens is 5. The largest absolute Gasteiger partial charge is 0.444 e. The molecule has 45 heavy (non-hydrogen) atoms. The van der Waals surface area contributed by atoms with E-state index in [2.05, 4.69) is 25.6 Å². The van der Waals surface area contributed by atoms with Crippen molar-refractivity contribution in [3.63, 3.8) is 0 Å². The van der Waals surface area contributed by atoms with Crippen LogP contribution in [0.4, 0.5) is 19.3 Å². The molecule has 1 saturated heterocycles. The summed E-state index contributed by atoms with van der Waals surface area (Å²) in [5.41, 5.74) is 0.973. The molecular formula is C29H30F2N8O5S. The van der Waals surface area contributed by atoms with Gasteiger partial charge in [-0.25, -0.2) is 14.3 Å². The number of fused-ring (bicyclic) bond motifs is 2. The minimum atomic E-state index is -3.12. The first-order valence-electron chi connectivity index (χ1n) is 14.0. The monoisotopic (exact) mass is 640 g/mol. The van der Waals surface area contributed by atoms with E-state index in [1.165, 1.54) is 34.3 Å². The third-order valence-corrected chi connectivity index (χ3v) is 8.14. The first kappa shape index (κ1) is 30.2. The van der Waals surface area contributed by atoms with E-state index >= 15 is 0 Å². The van der Waals surface area contributed by atoms with Crippen molar-refractivity contribution in [2.24, 2.45) is 0 Å². The number of thiophene rings is 1. The highest BCUT2D eigenvalue weighted by Crippen LogP contribution is 2.41. The summed E-state index contributed by atoms with van der Waals surface area (Å²) in [5, 5.41) is 25.6. The number of ether oxygens (including phenoxy) is 2. The number of H-pyrrole nitrogens is 1. The van der Waals surface area contributed by atoms with Crippen LogP contribution in [0.2, 0.25) is 0 Å². The zero-order valence-corrected chi connectivity index (χ0v) is 25.3. The van der Waals surface area contributed by atoms with Gasteiger partial charge >= 0.3 is 12.7 Å². The molecule has 0 radical (unpaired) electrons. The third-order valence-electron chi connectivity index (χ3n) is 7.05. The van der Waals surface area contributed by atoms with E-state index in [9.17, 15) is 23.5 Å². The molecule has 0 aliphatic carbocycles. The number of carbonyl (C=O) groups is 2. The fraction of sp³-hybridized carbons (Fsp3) is 0.345. The molecule has 236 valence electrons. The molecule has 0 bridgehead atoms.